The van der Waals surface area contributed by atoms with Crippen LogP contribution in [0.15, 0.2) is 40.1 Å². The molecule has 2 aliphatic rings. The SMILES string of the molecule is COc1cc2c(cc1OC)-c1cc(=Nc3cc4c(cc3C)CCC4)n(CCNC(N)=O)c(=O)n1CC2. The van der Waals surface area contributed by atoms with Gasteiger partial charge in [0.1, 0.15) is 5.49 Å². The lowest BCUT2D eigenvalue weighted by Gasteiger charge is -2.24. The molecule has 0 unspecified atom stereocenters. The fourth-order valence-corrected chi connectivity index (χ4v) is 5.23. The van der Waals surface area contributed by atoms with Gasteiger partial charge >= 0.3 is 11.7 Å². The van der Waals surface area contributed by atoms with Crippen LogP contribution in [0.2, 0.25) is 0 Å². The molecule has 2 amide bonds. The van der Waals surface area contributed by atoms with Crippen LogP contribution in [-0.2, 0) is 32.4 Å². The van der Waals surface area contributed by atoms with E-state index >= 15 is 0 Å². The predicted molar refractivity (Wildman–Crippen MR) is 137 cm³/mol. The molecule has 1 aromatic heterocycles. The number of nitrogens with zero attached hydrogens (tertiary/aromatic N) is 3. The lowest BCUT2D eigenvalue weighted by Crippen LogP contribution is -2.44. The summed E-state index contributed by atoms with van der Waals surface area (Å²) in [4.78, 5) is 30.0. The summed E-state index contributed by atoms with van der Waals surface area (Å²) in [5, 5.41) is 2.58. The van der Waals surface area contributed by atoms with Gasteiger partial charge in [0.25, 0.3) is 0 Å². The van der Waals surface area contributed by atoms with Crippen LogP contribution >= 0.6 is 0 Å². The van der Waals surface area contributed by atoms with E-state index in [0.717, 1.165) is 47.3 Å². The maximum absolute atomic E-state index is 13.7. The van der Waals surface area contributed by atoms with E-state index in [9.17, 15) is 9.59 Å². The Morgan fingerprint density at radius 1 is 1.03 bits per heavy atom. The van der Waals surface area contributed by atoms with Crippen molar-refractivity contribution in [2.45, 2.75) is 45.7 Å². The number of carbonyl (C=O) groups excluding carboxylic acids is 1. The first-order valence-electron chi connectivity index (χ1n) is 12.2. The van der Waals surface area contributed by atoms with Gasteiger partial charge in [0, 0.05) is 31.3 Å². The summed E-state index contributed by atoms with van der Waals surface area (Å²) in [6, 6.07) is 9.56. The minimum Gasteiger partial charge on any atom is -0.493 e. The number of carbonyl (C=O) groups is 1. The van der Waals surface area contributed by atoms with Crippen molar-refractivity contribution in [2.75, 3.05) is 20.8 Å². The number of primary amides is 1. The average Bonchev–Trinajstić information content (AvgIpc) is 3.31. The number of aryl methyl sites for hydroxylation is 4. The third-order valence-corrected chi connectivity index (χ3v) is 7.07. The van der Waals surface area contributed by atoms with Gasteiger partial charge in [-0.1, -0.05) is 6.07 Å². The monoisotopic (exact) mass is 489 g/mol. The second kappa shape index (κ2) is 9.56. The molecule has 2 heterocycles. The Labute approximate surface area is 209 Å². The minimum atomic E-state index is -0.628. The van der Waals surface area contributed by atoms with E-state index in [-0.39, 0.29) is 18.8 Å². The molecule has 0 saturated heterocycles. The topological polar surface area (TPSA) is 113 Å². The summed E-state index contributed by atoms with van der Waals surface area (Å²) in [7, 11) is 3.21. The van der Waals surface area contributed by atoms with E-state index in [1.54, 1.807) is 23.4 Å². The number of nitrogens with two attached hydrogens (primary N) is 1. The first-order chi connectivity index (χ1) is 17.4. The van der Waals surface area contributed by atoms with E-state index in [4.69, 9.17) is 20.2 Å². The normalized spacial score (nSPS) is 14.1. The summed E-state index contributed by atoms with van der Waals surface area (Å²) in [6.45, 7) is 3.05. The number of rotatable bonds is 6. The smallest absolute Gasteiger partial charge is 0.330 e. The molecule has 188 valence electrons. The van der Waals surface area contributed by atoms with Gasteiger partial charge in [0.05, 0.1) is 25.6 Å². The van der Waals surface area contributed by atoms with Crippen molar-refractivity contribution in [2.24, 2.45) is 10.7 Å². The highest BCUT2D eigenvalue weighted by molar-refractivity contribution is 5.71. The second-order valence-electron chi connectivity index (χ2n) is 9.25. The Morgan fingerprint density at radius 2 is 1.75 bits per heavy atom. The average molecular weight is 490 g/mol. The molecule has 0 atom stereocenters. The molecule has 3 N–H and O–H groups in total. The molecule has 0 radical (unpaired) electrons. The van der Waals surface area contributed by atoms with Crippen molar-refractivity contribution in [3.63, 3.8) is 0 Å². The van der Waals surface area contributed by atoms with Crippen molar-refractivity contribution in [1.29, 1.82) is 0 Å². The van der Waals surface area contributed by atoms with Crippen LogP contribution in [0, 0.1) is 6.92 Å². The predicted octanol–water partition coefficient (Wildman–Crippen LogP) is 2.59. The number of aromatic nitrogens is 2. The molecule has 5 rings (SSSR count). The van der Waals surface area contributed by atoms with E-state index in [2.05, 4.69) is 17.4 Å². The van der Waals surface area contributed by atoms with Crippen molar-refractivity contribution < 1.29 is 14.3 Å². The van der Waals surface area contributed by atoms with Gasteiger partial charge in [-0.15, -0.1) is 0 Å². The van der Waals surface area contributed by atoms with Gasteiger partial charge in [-0.2, -0.15) is 0 Å². The largest absolute Gasteiger partial charge is 0.493 e. The zero-order chi connectivity index (χ0) is 25.4. The minimum absolute atomic E-state index is 0.184. The quantitative estimate of drug-likeness (QED) is 0.554. The molecule has 0 bridgehead atoms. The molecule has 0 saturated carbocycles. The van der Waals surface area contributed by atoms with Crippen LogP contribution in [0.25, 0.3) is 11.3 Å². The van der Waals surface area contributed by atoms with Gasteiger partial charge < -0.3 is 20.5 Å². The van der Waals surface area contributed by atoms with Gasteiger partial charge in [-0.3, -0.25) is 9.13 Å². The molecule has 1 aliphatic heterocycles. The molecule has 2 aromatic carbocycles. The standard InChI is InChI=1S/C27H31N5O4/c1-16-11-17-5-4-6-18(17)12-21(16)30-25-15-22-20-14-24(36-3)23(35-2)13-19(20)7-9-31(22)27(34)32(25)10-8-29-26(28)33/h11-15H,4-10H2,1-3H3,(H3,28,29,33). The number of methoxy groups -OCH3 is 2. The first-order valence-corrected chi connectivity index (χ1v) is 12.2. The zero-order valence-corrected chi connectivity index (χ0v) is 20.9. The molecule has 3 aromatic rings. The van der Waals surface area contributed by atoms with Crippen LogP contribution in [0.1, 0.15) is 28.7 Å². The zero-order valence-electron chi connectivity index (χ0n) is 20.9. The molecular weight excluding hydrogens is 458 g/mol. The fraction of sp³-hybridized carbons (Fsp3) is 0.370. The molecule has 9 heteroatoms. The fourth-order valence-electron chi connectivity index (χ4n) is 5.23. The summed E-state index contributed by atoms with van der Waals surface area (Å²) in [5.41, 5.74) is 13.0. The number of urea groups is 1. The first kappa shape index (κ1) is 23.7. The number of ether oxygens (including phenoxy) is 2. The lowest BCUT2D eigenvalue weighted by molar-refractivity contribution is 0.248. The van der Waals surface area contributed by atoms with E-state index < -0.39 is 6.03 Å². The Balaban J connectivity index is 1.72. The Morgan fingerprint density at radius 3 is 2.47 bits per heavy atom. The number of amides is 2. The van der Waals surface area contributed by atoms with Crippen LogP contribution in [0.5, 0.6) is 11.5 Å². The summed E-state index contributed by atoms with van der Waals surface area (Å²) < 4.78 is 14.4. The number of hydrogen-bond acceptors (Lipinski definition) is 5. The summed E-state index contributed by atoms with van der Waals surface area (Å²) in [5.74, 6) is 1.27. The van der Waals surface area contributed by atoms with E-state index in [0.29, 0.717) is 30.0 Å². The number of benzene rings is 2. The van der Waals surface area contributed by atoms with Gasteiger partial charge in [-0.05, 0) is 73.1 Å². The van der Waals surface area contributed by atoms with Crippen molar-refractivity contribution >= 4 is 11.7 Å². The Kier molecular flexibility index (Phi) is 6.30. The number of fused-ring (bicyclic) bond motifs is 4. The molecule has 36 heavy (non-hydrogen) atoms. The summed E-state index contributed by atoms with van der Waals surface area (Å²) in [6.07, 6.45) is 3.97. The lowest BCUT2D eigenvalue weighted by atomic mass is 9.97. The summed E-state index contributed by atoms with van der Waals surface area (Å²) >= 11 is 0. The Bertz CT molecular complexity index is 1480. The van der Waals surface area contributed by atoms with Crippen LogP contribution < -0.4 is 31.7 Å². The molecule has 9 nitrogen and oxygen atoms in total. The maximum Gasteiger partial charge on any atom is 0.330 e. The van der Waals surface area contributed by atoms with Crippen LogP contribution in [-0.4, -0.2) is 35.9 Å². The number of hydrogen-bond donors (Lipinski definition) is 2. The highest BCUT2D eigenvalue weighted by atomic mass is 16.5. The van der Waals surface area contributed by atoms with E-state index in [1.807, 2.05) is 25.1 Å². The highest BCUT2D eigenvalue weighted by Crippen LogP contribution is 2.37. The van der Waals surface area contributed by atoms with Gasteiger partial charge in [-0.25, -0.2) is 14.6 Å². The Hall–Kier alpha value is -4.01. The molecule has 0 fully saturated rings. The third kappa shape index (κ3) is 4.25. The van der Waals surface area contributed by atoms with Gasteiger partial charge in [0.2, 0.25) is 0 Å². The molecule has 1 aliphatic carbocycles. The van der Waals surface area contributed by atoms with Crippen LogP contribution in [0.4, 0.5) is 10.5 Å². The number of nitrogens with one attached hydrogen (secondary N) is 1. The van der Waals surface area contributed by atoms with E-state index in [1.165, 1.54) is 11.1 Å². The van der Waals surface area contributed by atoms with Crippen molar-refractivity contribution in [3.8, 4) is 22.8 Å². The molecular formula is C27H31N5O4. The van der Waals surface area contributed by atoms with Crippen molar-refractivity contribution in [3.05, 3.63) is 68.6 Å². The van der Waals surface area contributed by atoms with Gasteiger partial charge in [0.15, 0.2) is 11.5 Å². The van der Waals surface area contributed by atoms with Crippen LogP contribution in [0.3, 0.4) is 0 Å². The highest BCUT2D eigenvalue weighted by Gasteiger charge is 2.22. The van der Waals surface area contributed by atoms with Crippen molar-refractivity contribution in [1.82, 2.24) is 14.5 Å². The third-order valence-electron chi connectivity index (χ3n) is 7.07. The maximum atomic E-state index is 13.7. The molecule has 0 spiro atoms. The second-order valence-corrected chi connectivity index (χ2v) is 9.25.